The maximum Gasteiger partial charge on any atom is 0.341 e. The van der Waals surface area contributed by atoms with Gasteiger partial charge in [0.2, 0.25) is 0 Å². The Kier molecular flexibility index (Phi) is 5.65. The number of carboxylic acids is 1. The largest absolute Gasteiger partial charge is 0.482 e. The van der Waals surface area contributed by atoms with Gasteiger partial charge in [0.05, 0.1) is 0 Å². The smallest absolute Gasteiger partial charge is 0.341 e. The average molecular weight is 491 g/mol. The van der Waals surface area contributed by atoms with Gasteiger partial charge in [-0.05, 0) is 95.4 Å². The third-order valence-corrected chi connectivity index (χ3v) is 7.49. The Morgan fingerprint density at radius 3 is 2.68 bits per heavy atom. The number of carboxylic acid groups (broad SMARTS) is 1. The van der Waals surface area contributed by atoms with E-state index in [1.165, 1.54) is 32.2 Å². The number of aliphatic carboxylic acids is 1. The maximum atomic E-state index is 10.7. The van der Waals surface area contributed by atoms with Crippen LogP contribution < -0.4 is 4.74 Å². The predicted molar refractivity (Wildman–Crippen MR) is 118 cm³/mol. The number of fused-ring (bicyclic) bond motifs is 3. The van der Waals surface area contributed by atoms with Gasteiger partial charge in [0, 0.05) is 22.0 Å². The number of hydrogen-bond donors (Lipinski definition) is 1. The molecule has 2 aromatic rings. The molecule has 4 rings (SSSR count). The number of hydrogen-bond acceptors (Lipinski definition) is 3. The van der Waals surface area contributed by atoms with Gasteiger partial charge < -0.3 is 14.7 Å². The van der Waals surface area contributed by atoms with Gasteiger partial charge in [-0.25, -0.2) is 4.79 Å². The van der Waals surface area contributed by atoms with E-state index in [2.05, 4.69) is 65.6 Å². The van der Waals surface area contributed by atoms with Crippen LogP contribution in [-0.4, -0.2) is 42.2 Å². The van der Waals surface area contributed by atoms with Crippen LogP contribution in [0.1, 0.15) is 47.4 Å². The van der Waals surface area contributed by atoms with Crippen molar-refractivity contribution < 1.29 is 14.6 Å². The number of nitrogens with zero attached hydrogens (tertiary/aromatic N) is 1. The van der Waals surface area contributed by atoms with Gasteiger partial charge >= 0.3 is 5.97 Å². The first-order valence-electron chi connectivity index (χ1n) is 9.94. The third kappa shape index (κ3) is 3.66. The molecule has 0 radical (unpaired) electrons. The van der Waals surface area contributed by atoms with E-state index >= 15 is 0 Å². The molecule has 0 amide bonds. The molecule has 2 aromatic carbocycles. The second-order valence-electron chi connectivity index (χ2n) is 7.91. The van der Waals surface area contributed by atoms with Crippen LogP contribution in [0.3, 0.4) is 0 Å². The first-order chi connectivity index (χ1) is 13.5. The van der Waals surface area contributed by atoms with Gasteiger partial charge in [0.25, 0.3) is 0 Å². The molecule has 5 heteroatoms. The fourth-order valence-corrected chi connectivity index (χ4v) is 5.43. The minimum atomic E-state index is -0.954. The molecule has 148 valence electrons. The lowest BCUT2D eigenvalue weighted by atomic mass is 9.78. The molecule has 0 spiro atoms. The molecular formula is C23H26INO3. The highest BCUT2D eigenvalue weighted by molar-refractivity contribution is 14.1. The van der Waals surface area contributed by atoms with Gasteiger partial charge in [-0.1, -0.05) is 25.1 Å². The zero-order chi connectivity index (χ0) is 19.8. The van der Waals surface area contributed by atoms with E-state index in [4.69, 9.17) is 9.84 Å². The van der Waals surface area contributed by atoms with Crippen LogP contribution in [0.4, 0.5) is 0 Å². The number of ether oxygens (including phenoxy) is 1. The number of benzene rings is 2. The molecule has 4 nitrogen and oxygen atoms in total. The van der Waals surface area contributed by atoms with E-state index in [1.807, 2.05) is 12.1 Å². The van der Waals surface area contributed by atoms with Crippen LogP contribution in [0.5, 0.6) is 5.75 Å². The Morgan fingerprint density at radius 2 is 2.00 bits per heavy atom. The Bertz CT molecular complexity index is 880. The van der Waals surface area contributed by atoms with Gasteiger partial charge in [0.1, 0.15) is 5.75 Å². The maximum absolute atomic E-state index is 10.7. The van der Waals surface area contributed by atoms with Gasteiger partial charge in [-0.2, -0.15) is 0 Å². The predicted octanol–water partition coefficient (Wildman–Crippen LogP) is 4.63. The van der Waals surface area contributed by atoms with Crippen molar-refractivity contribution in [3.05, 3.63) is 62.2 Å². The molecule has 0 saturated carbocycles. The SMILES string of the molecule is CCN1CCC2C(C1)c1cc(I)c(C)cc1C2c1ccc(OCC(=O)O)cc1. The van der Waals surface area contributed by atoms with Crippen molar-refractivity contribution in [3.63, 3.8) is 0 Å². The summed E-state index contributed by atoms with van der Waals surface area (Å²) in [4.78, 5) is 13.3. The van der Waals surface area contributed by atoms with Gasteiger partial charge in [0.15, 0.2) is 6.61 Å². The molecule has 0 bridgehead atoms. The minimum Gasteiger partial charge on any atom is -0.482 e. The van der Waals surface area contributed by atoms with Crippen LogP contribution in [0, 0.1) is 16.4 Å². The average Bonchev–Trinajstić information content (AvgIpc) is 2.99. The lowest BCUT2D eigenvalue weighted by Gasteiger charge is -2.37. The van der Waals surface area contributed by atoms with E-state index in [1.54, 1.807) is 0 Å². The first-order valence-corrected chi connectivity index (χ1v) is 11.0. The summed E-state index contributed by atoms with van der Waals surface area (Å²) < 4.78 is 6.67. The first kappa shape index (κ1) is 19.7. The summed E-state index contributed by atoms with van der Waals surface area (Å²) in [6, 6.07) is 12.9. The molecule has 1 N–H and O–H groups in total. The van der Waals surface area contributed by atoms with Crippen LogP contribution in [0.25, 0.3) is 0 Å². The number of rotatable bonds is 5. The van der Waals surface area contributed by atoms with Crippen molar-refractivity contribution in [2.24, 2.45) is 5.92 Å². The number of aryl methyl sites for hydroxylation is 1. The van der Waals surface area contributed by atoms with E-state index < -0.39 is 5.97 Å². The van der Waals surface area contributed by atoms with E-state index in [-0.39, 0.29) is 6.61 Å². The van der Waals surface area contributed by atoms with Crippen LogP contribution in [0.15, 0.2) is 36.4 Å². The topological polar surface area (TPSA) is 49.8 Å². The molecular weight excluding hydrogens is 465 g/mol. The van der Waals surface area contributed by atoms with Gasteiger partial charge in [-0.15, -0.1) is 0 Å². The van der Waals surface area contributed by atoms with Crippen molar-refractivity contribution in [1.82, 2.24) is 4.90 Å². The summed E-state index contributed by atoms with van der Waals surface area (Å²) in [7, 11) is 0. The van der Waals surface area contributed by atoms with Crippen LogP contribution in [-0.2, 0) is 4.79 Å². The highest BCUT2D eigenvalue weighted by atomic mass is 127. The molecule has 0 aromatic heterocycles. The Hall–Kier alpha value is -1.60. The monoisotopic (exact) mass is 491 g/mol. The zero-order valence-electron chi connectivity index (χ0n) is 16.3. The number of carbonyl (C=O) groups is 1. The summed E-state index contributed by atoms with van der Waals surface area (Å²) in [5.74, 6) is 1.28. The summed E-state index contributed by atoms with van der Waals surface area (Å²) in [5, 5.41) is 8.80. The van der Waals surface area contributed by atoms with E-state index in [0.29, 0.717) is 23.5 Å². The summed E-state index contributed by atoms with van der Waals surface area (Å²) in [5.41, 5.74) is 5.65. The fourth-order valence-electron chi connectivity index (χ4n) is 4.94. The third-order valence-electron chi connectivity index (χ3n) is 6.33. The Labute approximate surface area is 180 Å². The minimum absolute atomic E-state index is 0.305. The Balaban J connectivity index is 1.69. The Morgan fingerprint density at radius 1 is 1.25 bits per heavy atom. The lowest BCUT2D eigenvalue weighted by Crippen LogP contribution is -2.38. The number of halogens is 1. The van der Waals surface area contributed by atoms with E-state index in [9.17, 15) is 4.79 Å². The normalized spacial score (nSPS) is 23.9. The second-order valence-corrected chi connectivity index (χ2v) is 9.07. The quantitative estimate of drug-likeness (QED) is 0.620. The van der Waals surface area contributed by atoms with Crippen molar-refractivity contribution in [2.45, 2.75) is 32.1 Å². The molecule has 3 atom stereocenters. The molecule has 1 saturated heterocycles. The zero-order valence-corrected chi connectivity index (χ0v) is 18.5. The lowest BCUT2D eigenvalue weighted by molar-refractivity contribution is -0.139. The molecule has 28 heavy (non-hydrogen) atoms. The molecule has 1 fully saturated rings. The van der Waals surface area contributed by atoms with Crippen molar-refractivity contribution >= 4 is 28.6 Å². The summed E-state index contributed by atoms with van der Waals surface area (Å²) in [6.07, 6.45) is 1.21. The van der Waals surface area contributed by atoms with Crippen molar-refractivity contribution in [3.8, 4) is 5.75 Å². The summed E-state index contributed by atoms with van der Waals surface area (Å²) >= 11 is 2.46. The molecule has 1 aliphatic carbocycles. The van der Waals surface area contributed by atoms with Gasteiger partial charge in [-0.3, -0.25) is 0 Å². The van der Waals surface area contributed by atoms with Crippen molar-refractivity contribution in [2.75, 3.05) is 26.2 Å². The molecule has 1 aliphatic heterocycles. The van der Waals surface area contributed by atoms with Crippen LogP contribution >= 0.6 is 22.6 Å². The number of piperidine rings is 1. The van der Waals surface area contributed by atoms with Crippen molar-refractivity contribution in [1.29, 1.82) is 0 Å². The van der Waals surface area contributed by atoms with Crippen LogP contribution in [0.2, 0.25) is 0 Å². The number of likely N-dealkylation sites (N-methyl/N-ethyl adjacent to an activating group) is 1. The number of likely N-dealkylation sites (tertiary alicyclic amines) is 1. The van der Waals surface area contributed by atoms with E-state index in [0.717, 1.165) is 19.6 Å². The standard InChI is InChI=1S/C23H26INO3/c1-3-25-9-8-17-20(12-25)18-11-21(24)14(2)10-19(18)23(17)15-4-6-16(7-5-15)28-13-22(26)27/h4-7,10-11,17,20,23H,3,8-9,12-13H2,1-2H3,(H,26,27). The molecule has 1 heterocycles. The highest BCUT2D eigenvalue weighted by Crippen LogP contribution is 2.53. The second kappa shape index (κ2) is 8.03. The molecule has 2 aliphatic rings. The molecule has 3 unspecified atom stereocenters. The highest BCUT2D eigenvalue weighted by Gasteiger charge is 2.44. The summed E-state index contributed by atoms with van der Waals surface area (Å²) in [6.45, 7) is 7.56. The fraction of sp³-hybridized carbons (Fsp3) is 0.435.